The number of rotatable bonds is 76. The number of nitrogens with one attached hydrogen (secondary N) is 1. The molecule has 0 radical (unpaired) electrons. The summed E-state index contributed by atoms with van der Waals surface area (Å²) in [5.41, 5.74) is 0. The maximum absolute atomic E-state index is 12.5. The smallest absolute Gasteiger partial charge is 0.305 e. The van der Waals surface area contributed by atoms with Crippen LogP contribution in [0.5, 0.6) is 0 Å². The van der Waals surface area contributed by atoms with Crippen molar-refractivity contribution < 1.29 is 24.5 Å². The maximum Gasteiger partial charge on any atom is 0.305 e. The number of amides is 1. The quantitative estimate of drug-likeness (QED) is 0.0320. The molecule has 0 rings (SSSR count). The first-order chi connectivity index (χ1) is 43.5. The second-order valence-electron chi connectivity index (χ2n) is 27.7. The monoisotopic (exact) mass is 1240 g/mol. The van der Waals surface area contributed by atoms with Crippen LogP contribution in [0.25, 0.3) is 0 Å². The molecule has 0 saturated carbocycles. The first-order valence-electron chi connectivity index (χ1n) is 40.3. The number of unbranched alkanes of at least 4 members (excludes halogenated alkanes) is 61. The van der Waals surface area contributed by atoms with Crippen LogP contribution in [0.15, 0.2) is 36.5 Å². The molecule has 0 bridgehead atoms. The van der Waals surface area contributed by atoms with Gasteiger partial charge in [-0.2, -0.15) is 0 Å². The van der Waals surface area contributed by atoms with E-state index in [1.165, 1.54) is 379 Å². The number of hydrogen-bond acceptors (Lipinski definition) is 5. The third-order valence-electron chi connectivity index (χ3n) is 18.9. The van der Waals surface area contributed by atoms with Crippen molar-refractivity contribution in [1.82, 2.24) is 5.32 Å². The molecular weight excluding hydrogens is 1080 g/mol. The fourth-order valence-electron chi connectivity index (χ4n) is 12.7. The van der Waals surface area contributed by atoms with Crippen LogP contribution in [0, 0.1) is 0 Å². The van der Waals surface area contributed by atoms with Gasteiger partial charge in [-0.1, -0.05) is 391 Å². The Morgan fingerprint density at radius 3 is 0.807 bits per heavy atom. The predicted octanol–water partition coefficient (Wildman–Crippen LogP) is 26.6. The summed E-state index contributed by atoms with van der Waals surface area (Å²) >= 11 is 0. The molecule has 6 nitrogen and oxygen atoms in total. The van der Waals surface area contributed by atoms with Gasteiger partial charge in [0.25, 0.3) is 0 Å². The van der Waals surface area contributed by atoms with E-state index < -0.39 is 12.1 Å². The highest BCUT2D eigenvalue weighted by molar-refractivity contribution is 5.76. The minimum absolute atomic E-state index is 0.0154. The fraction of sp³-hybridized carbons (Fsp3) is 0.902. The highest BCUT2D eigenvalue weighted by Gasteiger charge is 2.18. The van der Waals surface area contributed by atoms with Crippen molar-refractivity contribution in [3.8, 4) is 0 Å². The Hall–Kier alpha value is -1.92. The summed E-state index contributed by atoms with van der Waals surface area (Å²) in [5, 5.41) is 23.3. The molecule has 0 aromatic heterocycles. The molecular formula is C82H157NO5. The lowest BCUT2D eigenvalue weighted by Crippen LogP contribution is -2.45. The zero-order valence-electron chi connectivity index (χ0n) is 59.7. The Morgan fingerprint density at radius 1 is 0.307 bits per heavy atom. The summed E-state index contributed by atoms with van der Waals surface area (Å²) in [4.78, 5) is 24.7. The van der Waals surface area contributed by atoms with Gasteiger partial charge in [-0.25, -0.2) is 0 Å². The number of hydrogen-bond donors (Lipinski definition) is 3. The molecule has 0 fully saturated rings. The van der Waals surface area contributed by atoms with Gasteiger partial charge in [-0.05, 0) is 83.5 Å². The van der Waals surface area contributed by atoms with E-state index in [1.807, 2.05) is 6.08 Å². The van der Waals surface area contributed by atoms with Crippen molar-refractivity contribution in [2.75, 3.05) is 13.2 Å². The lowest BCUT2D eigenvalue weighted by atomic mass is 10.0. The number of carbonyl (C=O) groups is 2. The molecule has 3 N–H and O–H groups in total. The van der Waals surface area contributed by atoms with Gasteiger partial charge in [-0.15, -0.1) is 0 Å². The maximum atomic E-state index is 12.5. The van der Waals surface area contributed by atoms with Crippen LogP contribution in [-0.2, 0) is 14.3 Å². The Kier molecular flexibility index (Phi) is 75.8. The lowest BCUT2D eigenvalue weighted by molar-refractivity contribution is -0.143. The molecule has 0 aliphatic rings. The van der Waals surface area contributed by atoms with Crippen LogP contribution in [-0.4, -0.2) is 47.4 Å². The Bertz CT molecular complexity index is 1430. The van der Waals surface area contributed by atoms with Gasteiger partial charge in [0, 0.05) is 12.8 Å². The van der Waals surface area contributed by atoms with Gasteiger partial charge in [0.15, 0.2) is 0 Å². The molecule has 2 atom stereocenters. The summed E-state index contributed by atoms with van der Waals surface area (Å²) in [7, 11) is 0. The number of aliphatic hydroxyl groups is 2. The molecule has 0 saturated heterocycles. The second-order valence-corrected chi connectivity index (χ2v) is 27.7. The highest BCUT2D eigenvalue weighted by atomic mass is 16.5. The van der Waals surface area contributed by atoms with E-state index in [0.29, 0.717) is 19.4 Å². The van der Waals surface area contributed by atoms with E-state index in [1.54, 1.807) is 6.08 Å². The highest BCUT2D eigenvalue weighted by Crippen LogP contribution is 2.20. The molecule has 520 valence electrons. The standard InChI is InChI=1S/C82H157NO5/c1-3-5-7-9-11-13-15-17-19-21-23-24-36-39-42-46-50-54-58-62-66-70-74-80(85)79(78-84)83-81(86)75-71-67-63-59-55-51-47-43-40-37-34-32-30-28-26-25-27-29-31-33-35-38-41-45-49-53-57-61-65-69-73-77-88-82(87)76-72-68-64-60-56-52-48-44-22-20-18-16-14-12-10-8-6-4-2/h20,22,27,29,70,74,79-80,84-85H,3-19,21,23-26,28,30-69,71-73,75-78H2,1-2H3,(H,83,86)/b22-20-,29-27-,74-70+. The third-order valence-corrected chi connectivity index (χ3v) is 18.9. The number of esters is 1. The molecule has 6 heteroatoms. The normalized spacial score (nSPS) is 12.6. The molecule has 88 heavy (non-hydrogen) atoms. The minimum Gasteiger partial charge on any atom is -0.466 e. The number of ether oxygens (including phenoxy) is 1. The zero-order chi connectivity index (χ0) is 63.5. The molecule has 0 spiro atoms. The molecule has 0 aliphatic heterocycles. The van der Waals surface area contributed by atoms with E-state index in [9.17, 15) is 19.8 Å². The first kappa shape index (κ1) is 86.1. The van der Waals surface area contributed by atoms with E-state index in [-0.39, 0.29) is 18.5 Å². The summed E-state index contributed by atoms with van der Waals surface area (Å²) < 4.78 is 5.51. The Morgan fingerprint density at radius 2 is 0.534 bits per heavy atom. The zero-order valence-corrected chi connectivity index (χ0v) is 59.7. The number of carbonyl (C=O) groups excluding carboxylic acids is 2. The average Bonchev–Trinajstić information content (AvgIpc) is 3.58. The van der Waals surface area contributed by atoms with Crippen molar-refractivity contribution in [2.45, 2.75) is 463 Å². The van der Waals surface area contributed by atoms with Gasteiger partial charge in [0.2, 0.25) is 5.91 Å². The minimum atomic E-state index is -0.845. The number of allylic oxidation sites excluding steroid dienone is 5. The third kappa shape index (κ3) is 73.1. The molecule has 2 unspecified atom stereocenters. The van der Waals surface area contributed by atoms with Gasteiger partial charge in [0.05, 0.1) is 25.4 Å². The van der Waals surface area contributed by atoms with Crippen LogP contribution in [0.4, 0.5) is 0 Å². The fourth-order valence-corrected chi connectivity index (χ4v) is 12.7. The summed E-state index contributed by atoms with van der Waals surface area (Å²) in [6.45, 7) is 4.95. The molecule has 0 aliphatic carbocycles. The van der Waals surface area contributed by atoms with Crippen LogP contribution in [0.1, 0.15) is 450 Å². The van der Waals surface area contributed by atoms with Crippen LogP contribution >= 0.6 is 0 Å². The van der Waals surface area contributed by atoms with E-state index in [4.69, 9.17) is 4.74 Å². The van der Waals surface area contributed by atoms with Crippen molar-refractivity contribution >= 4 is 11.9 Å². The predicted molar refractivity (Wildman–Crippen MR) is 389 cm³/mol. The summed E-state index contributed by atoms with van der Waals surface area (Å²) in [5.74, 6) is -0.0459. The number of aliphatic hydroxyl groups excluding tert-OH is 2. The van der Waals surface area contributed by atoms with Crippen LogP contribution in [0.3, 0.4) is 0 Å². The summed E-state index contributed by atoms with van der Waals surface area (Å²) in [6.07, 6.45) is 101. The first-order valence-corrected chi connectivity index (χ1v) is 40.3. The molecule has 0 aromatic rings. The molecule has 1 amide bonds. The SMILES string of the molecule is CCCCCCCCC/C=C\CCCCCCCCCC(=O)OCCCCCCCCCCCCCC/C=C\CCCCCCCCCCCCCCCCCC(=O)NC(CO)C(O)/C=C/CCCCCCCCCCCCCCCCCCCCCC. The van der Waals surface area contributed by atoms with E-state index >= 15 is 0 Å². The van der Waals surface area contributed by atoms with Crippen molar-refractivity contribution in [3.63, 3.8) is 0 Å². The van der Waals surface area contributed by atoms with Crippen LogP contribution in [0.2, 0.25) is 0 Å². The summed E-state index contributed by atoms with van der Waals surface area (Å²) in [6, 6.07) is -0.628. The Balaban J connectivity index is 3.38. The topological polar surface area (TPSA) is 95.9 Å². The van der Waals surface area contributed by atoms with Gasteiger partial charge >= 0.3 is 5.97 Å². The van der Waals surface area contributed by atoms with Crippen LogP contribution < -0.4 is 5.32 Å². The van der Waals surface area contributed by atoms with Crippen molar-refractivity contribution in [3.05, 3.63) is 36.5 Å². The van der Waals surface area contributed by atoms with E-state index in [0.717, 1.165) is 44.9 Å². The lowest BCUT2D eigenvalue weighted by Gasteiger charge is -2.20. The molecule has 0 heterocycles. The van der Waals surface area contributed by atoms with Crippen molar-refractivity contribution in [2.24, 2.45) is 0 Å². The van der Waals surface area contributed by atoms with E-state index in [2.05, 4.69) is 43.5 Å². The molecule has 0 aromatic carbocycles. The second kappa shape index (κ2) is 77.5. The van der Waals surface area contributed by atoms with Gasteiger partial charge in [0.1, 0.15) is 0 Å². The Labute approximate surface area is 551 Å². The van der Waals surface area contributed by atoms with Crippen molar-refractivity contribution in [1.29, 1.82) is 0 Å². The largest absolute Gasteiger partial charge is 0.466 e. The average molecular weight is 1240 g/mol. The van der Waals surface area contributed by atoms with Gasteiger partial charge < -0.3 is 20.3 Å². The van der Waals surface area contributed by atoms with Gasteiger partial charge in [-0.3, -0.25) is 9.59 Å².